The number of Topliss-reactive ketones (excluding diaryl/α,β-unsaturated/α-hetero) is 1. The topological polar surface area (TPSA) is 60.7 Å². The van der Waals surface area contributed by atoms with E-state index in [1.807, 2.05) is 0 Å². The number of rotatable bonds is 6. The van der Waals surface area contributed by atoms with Crippen molar-refractivity contribution in [2.45, 2.75) is 23.9 Å². The van der Waals surface area contributed by atoms with Crippen molar-refractivity contribution in [3.05, 3.63) is 48.1 Å². The van der Waals surface area contributed by atoms with Gasteiger partial charge in [0.15, 0.2) is 5.78 Å². The van der Waals surface area contributed by atoms with Crippen molar-refractivity contribution >= 4 is 17.5 Å². The first-order valence-corrected chi connectivity index (χ1v) is 6.94. The molecule has 1 aromatic carbocycles. The quantitative estimate of drug-likeness (QED) is 0.466. The van der Waals surface area contributed by atoms with Crippen LogP contribution in [-0.4, -0.2) is 31.2 Å². The Balaban J connectivity index is 2.17. The average Bonchev–Trinajstić information content (AvgIpc) is 2.88. The maximum atomic E-state index is 13.6. The number of carbonyl (C=O) groups is 1. The van der Waals surface area contributed by atoms with Crippen molar-refractivity contribution in [1.29, 1.82) is 0 Å². The molecule has 0 aliphatic rings. The van der Waals surface area contributed by atoms with E-state index in [0.29, 0.717) is 11.7 Å². The van der Waals surface area contributed by atoms with E-state index in [-0.39, 0.29) is 5.56 Å². The third-order valence-electron chi connectivity index (χ3n) is 2.65. The van der Waals surface area contributed by atoms with Gasteiger partial charge in [-0.1, -0.05) is 17.8 Å². The van der Waals surface area contributed by atoms with Crippen LogP contribution in [0.1, 0.15) is 17.3 Å². The van der Waals surface area contributed by atoms with Gasteiger partial charge in [-0.2, -0.15) is 0 Å². The summed E-state index contributed by atoms with van der Waals surface area (Å²) in [7, 11) is 0. The highest BCUT2D eigenvalue weighted by Gasteiger charge is 2.22. The molecule has 0 bridgehead atoms. The van der Waals surface area contributed by atoms with Gasteiger partial charge in [0.25, 0.3) is 0 Å². The van der Waals surface area contributed by atoms with Gasteiger partial charge >= 0.3 is 0 Å². The summed E-state index contributed by atoms with van der Waals surface area (Å²) in [6.45, 7) is 5.56. The zero-order chi connectivity index (χ0) is 15.4. The minimum atomic E-state index is -0.750. The Bertz CT molecular complexity index is 674. The molecule has 0 spiro atoms. The van der Waals surface area contributed by atoms with Crippen LogP contribution in [0.3, 0.4) is 0 Å². The van der Waals surface area contributed by atoms with Gasteiger partial charge in [-0.25, -0.2) is 13.5 Å². The molecule has 0 unspecified atom stereocenters. The van der Waals surface area contributed by atoms with Gasteiger partial charge in [0, 0.05) is 0 Å². The Morgan fingerprint density at radius 2 is 2.29 bits per heavy atom. The highest BCUT2D eigenvalue weighted by atomic mass is 32.2. The van der Waals surface area contributed by atoms with Crippen LogP contribution in [0.2, 0.25) is 0 Å². The molecule has 1 atom stereocenters. The smallest absolute Gasteiger partial charge is 0.210 e. The molecule has 0 fully saturated rings. The molecule has 0 aliphatic heterocycles. The summed E-state index contributed by atoms with van der Waals surface area (Å²) in [5, 5.41) is 10.8. The normalized spacial score (nSPS) is 12.1. The first kappa shape index (κ1) is 15.3. The average molecular weight is 310 g/mol. The van der Waals surface area contributed by atoms with Crippen molar-refractivity contribution in [2.24, 2.45) is 0 Å². The molecule has 0 amide bonds. The number of benzene rings is 1. The lowest BCUT2D eigenvalue weighted by Crippen LogP contribution is -2.16. The van der Waals surface area contributed by atoms with E-state index < -0.39 is 22.7 Å². The van der Waals surface area contributed by atoms with Crippen LogP contribution in [-0.2, 0) is 6.54 Å². The van der Waals surface area contributed by atoms with Crippen LogP contribution in [0, 0.1) is 11.6 Å². The Labute approximate surface area is 124 Å². The molecule has 1 heterocycles. The van der Waals surface area contributed by atoms with Crippen molar-refractivity contribution in [3.63, 3.8) is 0 Å². The molecule has 21 heavy (non-hydrogen) atoms. The van der Waals surface area contributed by atoms with Gasteiger partial charge in [0.2, 0.25) is 5.16 Å². The number of nitrogens with zero attached hydrogens (tertiary/aromatic N) is 4. The molecule has 5 nitrogen and oxygen atoms in total. The lowest BCUT2D eigenvalue weighted by atomic mass is 10.1. The molecule has 110 valence electrons. The second-order valence-electron chi connectivity index (χ2n) is 4.18. The van der Waals surface area contributed by atoms with Crippen LogP contribution in [0.5, 0.6) is 0 Å². The molecule has 0 saturated carbocycles. The minimum absolute atomic E-state index is 0.280. The molecule has 1 aromatic heterocycles. The monoisotopic (exact) mass is 310 g/mol. The molecule has 2 aromatic rings. The SMILES string of the molecule is C=CCn1nnnc1S[C@@H](C)C(=O)c1cc(F)ccc1F. The molecular formula is C13H12F2N4OS. The van der Waals surface area contributed by atoms with E-state index >= 15 is 0 Å². The summed E-state index contributed by atoms with van der Waals surface area (Å²) in [4.78, 5) is 12.2. The van der Waals surface area contributed by atoms with Crippen molar-refractivity contribution in [2.75, 3.05) is 0 Å². The van der Waals surface area contributed by atoms with Crippen molar-refractivity contribution in [1.82, 2.24) is 20.2 Å². The van der Waals surface area contributed by atoms with Crippen LogP contribution in [0.25, 0.3) is 0 Å². The summed E-state index contributed by atoms with van der Waals surface area (Å²) < 4.78 is 28.2. The number of carbonyl (C=O) groups excluding carboxylic acids is 1. The zero-order valence-corrected chi connectivity index (χ0v) is 12.0. The number of allylic oxidation sites excluding steroid dienone is 1. The molecule has 8 heteroatoms. The summed E-state index contributed by atoms with van der Waals surface area (Å²) in [5.41, 5.74) is -0.280. The molecule has 0 N–H and O–H groups in total. The molecule has 2 rings (SSSR count). The van der Waals surface area contributed by atoms with E-state index in [0.717, 1.165) is 30.0 Å². The highest BCUT2D eigenvalue weighted by Crippen LogP contribution is 2.24. The highest BCUT2D eigenvalue weighted by molar-refractivity contribution is 8.00. The largest absolute Gasteiger partial charge is 0.293 e. The summed E-state index contributed by atoms with van der Waals surface area (Å²) in [6.07, 6.45) is 1.61. The minimum Gasteiger partial charge on any atom is -0.293 e. The number of aromatic nitrogens is 4. The van der Waals surface area contributed by atoms with E-state index in [1.165, 1.54) is 4.68 Å². The molecule has 0 aliphatic carbocycles. The van der Waals surface area contributed by atoms with Gasteiger partial charge in [-0.05, 0) is 35.5 Å². The Kier molecular flexibility index (Phi) is 4.79. The molecule has 0 radical (unpaired) electrons. The number of ketones is 1. The second kappa shape index (κ2) is 6.57. The summed E-state index contributed by atoms with van der Waals surface area (Å²) >= 11 is 1.07. The fourth-order valence-corrected chi connectivity index (χ4v) is 2.50. The number of hydrogen-bond acceptors (Lipinski definition) is 5. The van der Waals surface area contributed by atoms with Gasteiger partial charge in [-0.3, -0.25) is 4.79 Å². The van der Waals surface area contributed by atoms with Gasteiger partial charge in [0.05, 0.1) is 17.4 Å². The number of thioether (sulfide) groups is 1. The lowest BCUT2D eigenvalue weighted by Gasteiger charge is -2.10. The standard InChI is InChI=1S/C13H12F2N4OS/c1-3-6-19-13(16-17-18-19)21-8(2)12(20)10-7-9(14)4-5-11(10)15/h3-5,7-8H,1,6H2,2H3/t8-/m0/s1. The van der Waals surface area contributed by atoms with Crippen LogP contribution in [0.4, 0.5) is 8.78 Å². The number of hydrogen-bond donors (Lipinski definition) is 0. The first-order chi connectivity index (χ1) is 10.0. The Hall–Kier alpha value is -2.09. The van der Waals surface area contributed by atoms with E-state index in [9.17, 15) is 13.6 Å². The Morgan fingerprint density at radius 1 is 1.52 bits per heavy atom. The summed E-state index contributed by atoms with van der Waals surface area (Å²) in [5.74, 6) is -1.93. The fraction of sp³-hybridized carbons (Fsp3) is 0.231. The number of halogens is 2. The predicted molar refractivity (Wildman–Crippen MR) is 74.0 cm³/mol. The van der Waals surface area contributed by atoms with Crippen molar-refractivity contribution in [3.8, 4) is 0 Å². The third-order valence-corrected chi connectivity index (χ3v) is 3.72. The van der Waals surface area contributed by atoms with E-state index in [1.54, 1.807) is 13.0 Å². The lowest BCUT2D eigenvalue weighted by molar-refractivity contribution is 0.0989. The second-order valence-corrected chi connectivity index (χ2v) is 5.49. The predicted octanol–water partition coefficient (Wildman–Crippen LogP) is 2.50. The molecule has 0 saturated heterocycles. The first-order valence-electron chi connectivity index (χ1n) is 6.06. The number of tetrazole rings is 1. The van der Waals surface area contributed by atoms with Gasteiger partial charge in [-0.15, -0.1) is 11.7 Å². The summed E-state index contributed by atoms with van der Waals surface area (Å²) in [6, 6.07) is 2.79. The van der Waals surface area contributed by atoms with E-state index in [4.69, 9.17) is 0 Å². The van der Waals surface area contributed by atoms with Crippen molar-refractivity contribution < 1.29 is 13.6 Å². The zero-order valence-electron chi connectivity index (χ0n) is 11.2. The van der Waals surface area contributed by atoms with Gasteiger partial charge in [0.1, 0.15) is 11.6 Å². The van der Waals surface area contributed by atoms with E-state index in [2.05, 4.69) is 22.1 Å². The van der Waals surface area contributed by atoms with Gasteiger partial charge < -0.3 is 0 Å². The maximum absolute atomic E-state index is 13.6. The third kappa shape index (κ3) is 3.52. The van der Waals surface area contributed by atoms with Crippen LogP contribution in [0.15, 0.2) is 36.0 Å². The molecular weight excluding hydrogens is 298 g/mol. The maximum Gasteiger partial charge on any atom is 0.210 e. The van der Waals surface area contributed by atoms with Crippen LogP contribution >= 0.6 is 11.8 Å². The fourth-order valence-electron chi connectivity index (χ4n) is 1.63. The Morgan fingerprint density at radius 3 is 3.00 bits per heavy atom. The van der Waals surface area contributed by atoms with Crippen LogP contribution < -0.4 is 0 Å².